The number of hydrogen-bond acceptors (Lipinski definition) is 3. The number of amides is 2. The molecule has 0 spiro atoms. The van der Waals surface area contributed by atoms with Gasteiger partial charge in [-0.15, -0.1) is 0 Å². The van der Waals surface area contributed by atoms with Crippen molar-refractivity contribution in [2.24, 2.45) is 11.7 Å². The summed E-state index contributed by atoms with van der Waals surface area (Å²) in [5.41, 5.74) is 7.16. The Morgan fingerprint density at radius 3 is 2.48 bits per heavy atom. The van der Waals surface area contributed by atoms with E-state index >= 15 is 0 Å². The van der Waals surface area contributed by atoms with Gasteiger partial charge in [0.15, 0.2) is 0 Å². The summed E-state index contributed by atoms with van der Waals surface area (Å²) in [5, 5.41) is 2.92. The Balaban J connectivity index is 0.00000127. The molecule has 5 heteroatoms. The van der Waals surface area contributed by atoms with E-state index in [2.05, 4.69) is 11.4 Å². The Kier molecular flexibility index (Phi) is 6.85. The molecule has 2 aliphatic rings. The fourth-order valence-electron chi connectivity index (χ4n) is 2.85. The molecule has 130 valence electrons. The first kappa shape index (κ1) is 19.3. The van der Waals surface area contributed by atoms with Gasteiger partial charge in [0.25, 0.3) is 0 Å². The average molecular weight is 322 g/mol. The van der Waals surface area contributed by atoms with E-state index in [1.165, 1.54) is 0 Å². The molecular formula is C18H30N2O3. The molecule has 23 heavy (non-hydrogen) atoms. The summed E-state index contributed by atoms with van der Waals surface area (Å²) in [6.45, 7) is 9.53. The maximum Gasteiger partial charge on any atom is 0.408 e. The maximum absolute atomic E-state index is 11.9. The first-order chi connectivity index (χ1) is 10.8. The standard InChI is InChI=1S/C16H24N2O3.C2H6/c1-16(2,3)21-15(20)18-13-8-7-10-9-11(14(17)19)5-4-6-12(10)13;1-2/h6,9,11,13H,4-5,7-8H2,1-3H3,(H2,17,19)(H,18,20);1-2H3. The second kappa shape index (κ2) is 8.18. The topological polar surface area (TPSA) is 81.4 Å². The number of hydrogen-bond donors (Lipinski definition) is 2. The molecule has 0 aromatic heterocycles. The van der Waals surface area contributed by atoms with E-state index in [9.17, 15) is 9.59 Å². The molecule has 0 aromatic carbocycles. The van der Waals surface area contributed by atoms with Crippen LogP contribution in [0.4, 0.5) is 4.79 Å². The van der Waals surface area contributed by atoms with Gasteiger partial charge >= 0.3 is 6.09 Å². The van der Waals surface area contributed by atoms with Gasteiger partial charge < -0.3 is 15.8 Å². The molecule has 0 radical (unpaired) electrons. The van der Waals surface area contributed by atoms with Crippen molar-refractivity contribution in [2.45, 2.75) is 71.9 Å². The minimum atomic E-state index is -0.504. The van der Waals surface area contributed by atoms with Crippen molar-refractivity contribution in [2.75, 3.05) is 0 Å². The smallest absolute Gasteiger partial charge is 0.408 e. The van der Waals surface area contributed by atoms with Crippen LogP contribution in [0.25, 0.3) is 0 Å². The lowest BCUT2D eigenvalue weighted by Crippen LogP contribution is -2.38. The van der Waals surface area contributed by atoms with Crippen LogP contribution in [-0.4, -0.2) is 23.6 Å². The summed E-state index contributed by atoms with van der Waals surface area (Å²) in [6.07, 6.45) is 6.92. The van der Waals surface area contributed by atoms with E-state index in [1.807, 2.05) is 40.7 Å². The van der Waals surface area contributed by atoms with E-state index in [-0.39, 0.29) is 17.9 Å². The summed E-state index contributed by atoms with van der Waals surface area (Å²) < 4.78 is 5.30. The fourth-order valence-corrected chi connectivity index (χ4v) is 2.85. The zero-order valence-electron chi connectivity index (χ0n) is 14.9. The number of primary amides is 1. The van der Waals surface area contributed by atoms with Crippen LogP contribution in [0.2, 0.25) is 0 Å². The van der Waals surface area contributed by atoms with Crippen LogP contribution >= 0.6 is 0 Å². The van der Waals surface area contributed by atoms with Gasteiger partial charge in [-0.25, -0.2) is 4.79 Å². The van der Waals surface area contributed by atoms with Crippen molar-refractivity contribution < 1.29 is 14.3 Å². The molecule has 2 atom stereocenters. The highest BCUT2D eigenvalue weighted by Gasteiger charge is 2.30. The lowest BCUT2D eigenvalue weighted by Gasteiger charge is -2.22. The molecule has 2 unspecified atom stereocenters. The third-order valence-corrected chi connectivity index (χ3v) is 3.75. The highest BCUT2D eigenvalue weighted by Crippen LogP contribution is 2.35. The second-order valence-corrected chi connectivity index (χ2v) is 6.68. The van der Waals surface area contributed by atoms with Gasteiger partial charge in [-0.05, 0) is 57.6 Å². The highest BCUT2D eigenvalue weighted by atomic mass is 16.6. The highest BCUT2D eigenvalue weighted by molar-refractivity contribution is 5.79. The first-order valence-electron chi connectivity index (χ1n) is 8.46. The van der Waals surface area contributed by atoms with E-state index in [1.54, 1.807) is 0 Å². The Labute approximate surface area is 139 Å². The van der Waals surface area contributed by atoms with Crippen molar-refractivity contribution in [3.05, 3.63) is 23.3 Å². The zero-order valence-corrected chi connectivity index (χ0v) is 14.9. The van der Waals surface area contributed by atoms with Crippen LogP contribution in [0, 0.1) is 5.92 Å². The van der Waals surface area contributed by atoms with Crippen LogP contribution in [0.5, 0.6) is 0 Å². The molecule has 3 N–H and O–H groups in total. The molecule has 2 rings (SSSR count). The number of fused-ring (bicyclic) bond motifs is 1. The summed E-state index contributed by atoms with van der Waals surface area (Å²) in [6, 6.07) is -0.0299. The van der Waals surface area contributed by atoms with Crippen molar-refractivity contribution in [3.63, 3.8) is 0 Å². The number of allylic oxidation sites excluding steroid dienone is 1. The third-order valence-electron chi connectivity index (χ3n) is 3.75. The minimum absolute atomic E-state index is 0.0299. The van der Waals surface area contributed by atoms with Gasteiger partial charge in [0, 0.05) is 0 Å². The molecule has 2 aliphatic carbocycles. The van der Waals surface area contributed by atoms with Gasteiger partial charge in [-0.2, -0.15) is 0 Å². The maximum atomic E-state index is 11.9. The Morgan fingerprint density at radius 1 is 1.26 bits per heavy atom. The molecule has 0 aromatic rings. The number of alkyl carbamates (subject to hydrolysis) is 1. The predicted octanol–water partition coefficient (Wildman–Crippen LogP) is 3.45. The molecule has 0 aliphatic heterocycles. The molecular weight excluding hydrogens is 292 g/mol. The SMILES string of the molecule is CC.CC(C)(C)OC(=O)NC1CCC2=CC(C(N)=O)CCC=C21. The molecule has 2 amide bonds. The summed E-state index contributed by atoms with van der Waals surface area (Å²) in [4.78, 5) is 23.3. The van der Waals surface area contributed by atoms with Crippen LogP contribution < -0.4 is 11.1 Å². The average Bonchev–Trinajstić information content (AvgIpc) is 2.69. The Bertz CT molecular complexity index is 501. The van der Waals surface area contributed by atoms with E-state index in [0.29, 0.717) is 0 Å². The quantitative estimate of drug-likeness (QED) is 0.817. The fraction of sp³-hybridized carbons (Fsp3) is 0.667. The number of nitrogens with one attached hydrogen (secondary N) is 1. The Hall–Kier alpha value is -1.78. The molecule has 1 saturated carbocycles. The largest absolute Gasteiger partial charge is 0.444 e. The van der Waals surface area contributed by atoms with E-state index in [4.69, 9.17) is 10.5 Å². The van der Waals surface area contributed by atoms with Gasteiger partial charge in [-0.1, -0.05) is 26.0 Å². The minimum Gasteiger partial charge on any atom is -0.444 e. The Morgan fingerprint density at radius 2 is 1.91 bits per heavy atom. The van der Waals surface area contributed by atoms with Crippen molar-refractivity contribution in [1.82, 2.24) is 5.32 Å². The lowest BCUT2D eigenvalue weighted by molar-refractivity contribution is -0.120. The van der Waals surface area contributed by atoms with Crippen molar-refractivity contribution in [1.29, 1.82) is 0 Å². The predicted molar refractivity (Wildman–Crippen MR) is 91.8 cm³/mol. The third kappa shape index (κ3) is 5.73. The lowest BCUT2D eigenvalue weighted by atomic mass is 10.0. The van der Waals surface area contributed by atoms with Crippen LogP contribution in [0.15, 0.2) is 23.3 Å². The van der Waals surface area contributed by atoms with Gasteiger partial charge in [0.2, 0.25) is 5.91 Å². The van der Waals surface area contributed by atoms with Crippen molar-refractivity contribution in [3.8, 4) is 0 Å². The number of carbonyl (C=O) groups excluding carboxylic acids is 2. The summed E-state index contributed by atoms with van der Waals surface area (Å²) >= 11 is 0. The molecule has 0 heterocycles. The van der Waals surface area contributed by atoms with Gasteiger partial charge in [-0.3, -0.25) is 4.79 Å². The summed E-state index contributed by atoms with van der Waals surface area (Å²) in [5.74, 6) is -0.477. The van der Waals surface area contributed by atoms with E-state index < -0.39 is 11.7 Å². The number of carbonyl (C=O) groups is 2. The number of ether oxygens (including phenoxy) is 1. The van der Waals surface area contributed by atoms with Gasteiger partial charge in [0.05, 0.1) is 12.0 Å². The molecule has 5 nitrogen and oxygen atoms in total. The summed E-state index contributed by atoms with van der Waals surface area (Å²) in [7, 11) is 0. The van der Waals surface area contributed by atoms with Crippen LogP contribution in [0.1, 0.15) is 60.3 Å². The number of rotatable bonds is 2. The second-order valence-electron chi connectivity index (χ2n) is 6.68. The monoisotopic (exact) mass is 322 g/mol. The normalized spacial score (nSPS) is 23.3. The van der Waals surface area contributed by atoms with Crippen molar-refractivity contribution >= 4 is 12.0 Å². The molecule has 1 fully saturated rings. The van der Waals surface area contributed by atoms with Gasteiger partial charge in [0.1, 0.15) is 5.60 Å². The number of nitrogens with two attached hydrogens (primary N) is 1. The van der Waals surface area contributed by atoms with Crippen LogP contribution in [-0.2, 0) is 9.53 Å². The zero-order chi connectivity index (χ0) is 17.6. The first-order valence-corrected chi connectivity index (χ1v) is 8.46. The molecule has 0 bridgehead atoms. The van der Waals surface area contributed by atoms with E-state index in [0.717, 1.165) is 36.8 Å². The van der Waals surface area contributed by atoms with Crippen LogP contribution in [0.3, 0.4) is 0 Å². The molecule has 0 saturated heterocycles.